The maximum absolute atomic E-state index is 13.9. The third-order valence-corrected chi connectivity index (χ3v) is 12.5. The molecule has 14 nitrogen and oxygen atoms in total. The van der Waals surface area contributed by atoms with Crippen molar-refractivity contribution in [1.29, 1.82) is 0 Å². The lowest BCUT2D eigenvalue weighted by Crippen LogP contribution is -2.44. The number of likely N-dealkylation sites (tertiary alicyclic amines) is 1. The first kappa shape index (κ1) is 48.1. The lowest BCUT2D eigenvalue weighted by atomic mass is 10.0. The Hall–Kier alpha value is -7.96. The van der Waals surface area contributed by atoms with E-state index in [1.54, 1.807) is 60.7 Å². The van der Waals surface area contributed by atoms with Gasteiger partial charge in [0.2, 0.25) is 0 Å². The Bertz CT molecular complexity index is 3110. The molecule has 2 amide bonds. The van der Waals surface area contributed by atoms with Gasteiger partial charge in [0.25, 0.3) is 11.8 Å². The molecule has 2 fully saturated rings. The number of ether oxygens (including phenoxy) is 2. The van der Waals surface area contributed by atoms with Crippen LogP contribution in [0.25, 0.3) is 21.8 Å². The third kappa shape index (κ3) is 12.3. The highest BCUT2D eigenvalue weighted by Gasteiger charge is 2.19. The van der Waals surface area contributed by atoms with Crippen molar-refractivity contribution in [3.05, 3.63) is 167 Å². The molecule has 2 saturated heterocycles. The minimum Gasteiger partial charge on any atom is -0.489 e. The fraction of sp³-hybridized carbons (Fsp3) is 0.245. The van der Waals surface area contributed by atoms with E-state index in [1.807, 2.05) is 24.3 Å². The van der Waals surface area contributed by atoms with Gasteiger partial charge in [-0.05, 0) is 161 Å². The number of amides is 2. The van der Waals surface area contributed by atoms with Crippen molar-refractivity contribution in [2.45, 2.75) is 32.1 Å². The summed E-state index contributed by atoms with van der Waals surface area (Å²) in [4.78, 5) is 32.6. The number of likely N-dealkylation sites (N-methyl/N-ethyl adjacent to an activating group) is 1. The summed E-state index contributed by atoms with van der Waals surface area (Å²) >= 11 is 0. The zero-order chi connectivity index (χ0) is 49.4. The molecule has 0 aliphatic carbocycles. The number of rotatable bonds is 13. The average molecular weight is 969 g/mol. The molecule has 2 aromatic heterocycles. The number of nitrogens with zero attached hydrogens (tertiary/aromatic N) is 5. The van der Waals surface area contributed by atoms with Crippen molar-refractivity contribution < 1.29 is 36.6 Å². The van der Waals surface area contributed by atoms with Crippen LogP contribution in [-0.2, 0) is 13.2 Å². The summed E-state index contributed by atoms with van der Waals surface area (Å²) in [7, 11) is 4.25. The van der Waals surface area contributed by atoms with Crippen LogP contribution in [0.1, 0.15) is 44.7 Å². The molecule has 0 spiro atoms. The Morgan fingerprint density at radius 3 is 1.70 bits per heavy atom. The van der Waals surface area contributed by atoms with E-state index in [1.165, 1.54) is 12.1 Å². The Morgan fingerprint density at radius 2 is 1.13 bits per heavy atom. The quantitative estimate of drug-likeness (QED) is 0.0706. The second kappa shape index (κ2) is 21.8. The van der Waals surface area contributed by atoms with Crippen LogP contribution in [0.5, 0.6) is 11.5 Å². The SMILES string of the molecule is CN1CCC(Nc2ccc(C(=O)Nc3n[nH]c4ccc(OCc5cc(F)cc(F)c5)cc34)cc2)CC1.CN1CCN(c2ccc(C(=O)Nc3n[nH]c4ccc(OCc5cc(F)ccc5F)cc34)cc2)CC1. The van der Waals surface area contributed by atoms with Crippen LogP contribution in [0.15, 0.2) is 121 Å². The molecule has 0 radical (unpaired) electrons. The molecule has 0 unspecified atom stereocenters. The Labute approximate surface area is 406 Å². The lowest BCUT2D eigenvalue weighted by molar-refractivity contribution is 0.101. The van der Waals surface area contributed by atoms with Crippen LogP contribution in [0.2, 0.25) is 0 Å². The van der Waals surface area contributed by atoms with Gasteiger partial charge in [0.05, 0.1) is 11.0 Å². The minimum absolute atomic E-state index is 0.00231. The summed E-state index contributed by atoms with van der Waals surface area (Å²) in [5.41, 5.74) is 5.03. The van der Waals surface area contributed by atoms with Crippen molar-refractivity contribution in [2.24, 2.45) is 0 Å². The first-order valence-corrected chi connectivity index (χ1v) is 23.2. The number of piperidine rings is 1. The minimum atomic E-state index is -0.658. The number of aromatic amines is 2. The standard InChI is InChI=1S/C27H27F2N5O2.C26H25F2N5O2/c1-34-10-8-22(9-11-34)30-21-4-2-18(3-5-21)27(35)31-26-24-15-23(6-7-25(24)32-33-26)36-16-17-12-19(28)14-20(29)13-17;1-32-10-12-33(13-11-32)20-5-2-17(3-6-20)26(34)29-25-22-15-21(7-9-24(22)30-31-25)35-16-18-14-19(27)4-8-23(18)28/h2-7,12-15,22,30H,8-11,16H2,1H3,(H2,31,32,33,35);2-9,14-15H,10-13,16H2,1H3,(H2,29,30,31,34). The smallest absolute Gasteiger partial charge is 0.256 e. The van der Waals surface area contributed by atoms with Crippen LogP contribution >= 0.6 is 0 Å². The molecular formula is C53H52F4N10O4. The molecule has 5 N–H and O–H groups in total. The molecular weight excluding hydrogens is 917 g/mol. The number of fused-ring (bicyclic) bond motifs is 2. The van der Waals surface area contributed by atoms with E-state index in [9.17, 15) is 27.2 Å². The number of anilines is 4. The molecule has 8 aromatic rings. The number of nitrogens with one attached hydrogen (secondary N) is 5. The van der Waals surface area contributed by atoms with E-state index < -0.39 is 23.3 Å². The average Bonchev–Trinajstić information content (AvgIpc) is 3.97. The number of hydrogen-bond donors (Lipinski definition) is 5. The summed E-state index contributed by atoms with van der Waals surface area (Å²) in [6.07, 6.45) is 2.19. The van der Waals surface area contributed by atoms with Crippen LogP contribution in [0.4, 0.5) is 40.6 Å². The van der Waals surface area contributed by atoms with Gasteiger partial charge in [0.1, 0.15) is 48.0 Å². The first-order valence-electron chi connectivity index (χ1n) is 23.2. The number of carbonyl (C=O) groups excluding carboxylic acids is 2. The van der Waals surface area contributed by atoms with Gasteiger partial charge < -0.3 is 40.1 Å². The zero-order valence-corrected chi connectivity index (χ0v) is 39.1. The second-order valence-electron chi connectivity index (χ2n) is 17.7. The van der Waals surface area contributed by atoms with Gasteiger partial charge in [-0.25, -0.2) is 17.6 Å². The van der Waals surface area contributed by atoms with Gasteiger partial charge >= 0.3 is 0 Å². The van der Waals surface area contributed by atoms with E-state index in [-0.39, 0.29) is 30.6 Å². The molecule has 366 valence electrons. The molecule has 18 heteroatoms. The van der Waals surface area contributed by atoms with E-state index in [0.29, 0.717) is 67.7 Å². The molecule has 2 aliphatic heterocycles. The maximum atomic E-state index is 13.9. The van der Waals surface area contributed by atoms with Crippen LogP contribution < -0.4 is 30.3 Å². The van der Waals surface area contributed by atoms with Crippen molar-refractivity contribution in [3.8, 4) is 11.5 Å². The topological polar surface area (TPSA) is 156 Å². The van der Waals surface area contributed by atoms with E-state index >= 15 is 0 Å². The predicted molar refractivity (Wildman–Crippen MR) is 266 cm³/mol. The van der Waals surface area contributed by atoms with Crippen molar-refractivity contribution in [2.75, 3.05) is 74.2 Å². The molecule has 0 saturated carbocycles. The number of aromatic nitrogens is 4. The summed E-state index contributed by atoms with van der Waals surface area (Å²) in [6, 6.07) is 32.2. The third-order valence-electron chi connectivity index (χ3n) is 12.5. The number of carbonyl (C=O) groups is 2. The molecule has 0 atom stereocenters. The first-order chi connectivity index (χ1) is 34.4. The van der Waals surface area contributed by atoms with E-state index in [4.69, 9.17) is 9.47 Å². The van der Waals surface area contributed by atoms with Gasteiger partial charge in [-0.2, -0.15) is 10.2 Å². The van der Waals surface area contributed by atoms with Gasteiger partial charge in [0, 0.05) is 77.1 Å². The molecule has 2 aliphatic rings. The maximum Gasteiger partial charge on any atom is 0.256 e. The van der Waals surface area contributed by atoms with Crippen LogP contribution in [0, 0.1) is 23.3 Å². The number of benzene rings is 6. The van der Waals surface area contributed by atoms with E-state index in [2.05, 4.69) is 65.1 Å². The Kier molecular flexibility index (Phi) is 14.7. The number of H-pyrrole nitrogens is 2. The summed E-state index contributed by atoms with van der Waals surface area (Å²) in [5.74, 6) is -1.31. The molecule has 71 heavy (non-hydrogen) atoms. The number of halogens is 4. The summed E-state index contributed by atoms with van der Waals surface area (Å²) < 4.78 is 65.5. The number of hydrogen-bond acceptors (Lipinski definition) is 10. The predicted octanol–water partition coefficient (Wildman–Crippen LogP) is 9.60. The van der Waals surface area contributed by atoms with Gasteiger partial charge in [0.15, 0.2) is 11.6 Å². The van der Waals surface area contributed by atoms with Crippen molar-refractivity contribution in [1.82, 2.24) is 30.2 Å². The highest BCUT2D eigenvalue weighted by Crippen LogP contribution is 2.29. The highest BCUT2D eigenvalue weighted by atomic mass is 19.1. The summed E-state index contributed by atoms with van der Waals surface area (Å²) in [6.45, 7) is 5.95. The molecule has 10 rings (SSSR count). The normalized spacial score (nSPS) is 14.5. The molecule has 0 bridgehead atoms. The Morgan fingerprint density at radius 1 is 0.592 bits per heavy atom. The van der Waals surface area contributed by atoms with Crippen LogP contribution in [0.3, 0.4) is 0 Å². The lowest BCUT2D eigenvalue weighted by Gasteiger charge is -2.34. The van der Waals surface area contributed by atoms with Gasteiger partial charge in [-0.3, -0.25) is 19.8 Å². The molecule has 4 heterocycles. The monoisotopic (exact) mass is 968 g/mol. The van der Waals surface area contributed by atoms with Crippen LogP contribution in [-0.4, -0.2) is 101 Å². The number of piperazine rings is 1. The summed E-state index contributed by atoms with van der Waals surface area (Å²) in [5, 5.41) is 24.7. The fourth-order valence-corrected chi connectivity index (χ4v) is 8.39. The highest BCUT2D eigenvalue weighted by molar-refractivity contribution is 6.09. The fourth-order valence-electron chi connectivity index (χ4n) is 8.39. The van der Waals surface area contributed by atoms with Gasteiger partial charge in [-0.1, -0.05) is 0 Å². The van der Waals surface area contributed by atoms with Crippen molar-refractivity contribution in [3.63, 3.8) is 0 Å². The zero-order valence-electron chi connectivity index (χ0n) is 39.1. The second-order valence-corrected chi connectivity index (χ2v) is 17.7. The van der Waals surface area contributed by atoms with Crippen molar-refractivity contribution >= 4 is 56.6 Å². The van der Waals surface area contributed by atoms with Gasteiger partial charge in [-0.15, -0.1) is 0 Å². The molecule has 6 aromatic carbocycles. The van der Waals surface area contributed by atoms with E-state index in [0.717, 1.165) is 87.8 Å². The Balaban J connectivity index is 0.000000176. The largest absolute Gasteiger partial charge is 0.489 e.